The van der Waals surface area contributed by atoms with Crippen LogP contribution in [0.15, 0.2) is 24.3 Å². The number of hydroxylamine groups is 2. The zero-order valence-corrected chi connectivity index (χ0v) is 9.80. The molecule has 1 aromatic carbocycles. The number of benzene rings is 1. The Hall–Kier alpha value is -2.37. The summed E-state index contributed by atoms with van der Waals surface area (Å²) in [6, 6.07) is 7.04. The molecular weight excluding hydrogens is 236 g/mol. The third kappa shape index (κ3) is 2.65. The minimum Gasteiger partial charge on any atom is -0.311 e. The van der Waals surface area contributed by atoms with E-state index >= 15 is 0 Å². The molecule has 0 aliphatic carbocycles. The molecule has 6 nitrogen and oxygen atoms in total. The number of hydrogen-bond donors (Lipinski definition) is 1. The molecule has 0 saturated carbocycles. The first-order valence-corrected chi connectivity index (χ1v) is 5.47. The summed E-state index contributed by atoms with van der Waals surface area (Å²) < 4.78 is 0. The molecule has 6 heteroatoms. The molecule has 1 N–H and O–H groups in total. The Bertz CT molecular complexity index is 479. The summed E-state index contributed by atoms with van der Waals surface area (Å²) in [6.45, 7) is 1.92. The van der Waals surface area contributed by atoms with Crippen LogP contribution in [0.2, 0.25) is 0 Å². The lowest BCUT2D eigenvalue weighted by atomic mass is 10.2. The molecule has 94 valence electrons. The number of aryl methyl sites for hydroxylation is 1. The number of nitrogens with one attached hydrogen (secondary N) is 1. The van der Waals surface area contributed by atoms with Crippen LogP contribution in [0.25, 0.3) is 0 Å². The first-order chi connectivity index (χ1) is 8.56. The van der Waals surface area contributed by atoms with Crippen LogP contribution in [-0.2, 0) is 14.4 Å². The van der Waals surface area contributed by atoms with Crippen molar-refractivity contribution in [1.29, 1.82) is 0 Å². The van der Waals surface area contributed by atoms with Crippen LogP contribution in [0.4, 0.5) is 10.5 Å². The number of nitrogens with zero attached hydrogens (tertiary/aromatic N) is 1. The van der Waals surface area contributed by atoms with E-state index in [9.17, 15) is 14.4 Å². The summed E-state index contributed by atoms with van der Waals surface area (Å²) in [4.78, 5) is 38.6. The van der Waals surface area contributed by atoms with Gasteiger partial charge in [-0.1, -0.05) is 17.7 Å². The number of imide groups is 1. The van der Waals surface area contributed by atoms with Crippen molar-refractivity contribution in [2.24, 2.45) is 0 Å². The Balaban J connectivity index is 1.94. The highest BCUT2D eigenvalue weighted by Gasteiger charge is 2.32. The van der Waals surface area contributed by atoms with Crippen LogP contribution >= 0.6 is 0 Å². The molecule has 1 saturated heterocycles. The average molecular weight is 248 g/mol. The molecule has 1 fully saturated rings. The fraction of sp³-hybridized carbons (Fsp3) is 0.250. The number of amides is 3. The third-order valence-corrected chi connectivity index (χ3v) is 2.48. The zero-order valence-electron chi connectivity index (χ0n) is 9.80. The normalized spacial score (nSPS) is 14.8. The quantitative estimate of drug-likeness (QED) is 0.807. The smallest absolute Gasteiger partial charge is 0.311 e. The van der Waals surface area contributed by atoms with Gasteiger partial charge in [-0.05, 0) is 19.1 Å². The van der Waals surface area contributed by atoms with Crippen molar-refractivity contribution in [3.63, 3.8) is 0 Å². The highest BCUT2D eigenvalue weighted by atomic mass is 16.7. The topological polar surface area (TPSA) is 75.7 Å². The van der Waals surface area contributed by atoms with Gasteiger partial charge in [-0.2, -0.15) is 0 Å². The maximum atomic E-state index is 11.5. The molecular formula is C12H12N2O4. The molecule has 0 aromatic heterocycles. The zero-order chi connectivity index (χ0) is 13.1. The van der Waals surface area contributed by atoms with Crippen molar-refractivity contribution in [3.8, 4) is 0 Å². The van der Waals surface area contributed by atoms with E-state index in [2.05, 4.69) is 10.2 Å². The maximum Gasteiger partial charge on any atom is 0.436 e. The van der Waals surface area contributed by atoms with E-state index < -0.39 is 17.9 Å². The minimum absolute atomic E-state index is 0.0800. The third-order valence-electron chi connectivity index (χ3n) is 2.48. The Kier molecular flexibility index (Phi) is 3.27. The minimum atomic E-state index is -0.859. The Morgan fingerprint density at radius 2 is 1.72 bits per heavy atom. The number of hydrogen-bond acceptors (Lipinski definition) is 4. The van der Waals surface area contributed by atoms with E-state index in [-0.39, 0.29) is 12.8 Å². The predicted octanol–water partition coefficient (Wildman–Crippen LogP) is 1.61. The molecule has 3 amide bonds. The van der Waals surface area contributed by atoms with Gasteiger partial charge in [-0.15, -0.1) is 5.06 Å². The molecule has 0 unspecified atom stereocenters. The van der Waals surface area contributed by atoms with Crippen molar-refractivity contribution in [3.05, 3.63) is 29.8 Å². The second-order valence-electron chi connectivity index (χ2n) is 3.95. The van der Waals surface area contributed by atoms with E-state index in [0.29, 0.717) is 10.8 Å². The number of rotatable bonds is 2. The highest BCUT2D eigenvalue weighted by molar-refractivity contribution is 6.02. The molecule has 0 bridgehead atoms. The second kappa shape index (κ2) is 4.87. The van der Waals surface area contributed by atoms with E-state index in [4.69, 9.17) is 0 Å². The molecule has 1 heterocycles. The number of anilines is 1. The highest BCUT2D eigenvalue weighted by Crippen LogP contribution is 2.14. The van der Waals surface area contributed by atoms with Gasteiger partial charge < -0.3 is 4.84 Å². The molecule has 1 aromatic rings. The van der Waals surface area contributed by atoms with Gasteiger partial charge in [-0.25, -0.2) is 4.79 Å². The number of carbonyl (C=O) groups excluding carboxylic acids is 3. The van der Waals surface area contributed by atoms with Gasteiger partial charge in [0.05, 0.1) is 0 Å². The van der Waals surface area contributed by atoms with Crippen molar-refractivity contribution in [2.45, 2.75) is 19.8 Å². The summed E-state index contributed by atoms with van der Waals surface area (Å²) in [5, 5.41) is 2.93. The van der Waals surface area contributed by atoms with Crippen LogP contribution in [0, 0.1) is 6.92 Å². The van der Waals surface area contributed by atoms with Crippen LogP contribution in [0.3, 0.4) is 0 Å². The summed E-state index contributed by atoms with van der Waals surface area (Å²) in [6.07, 6.45) is -0.699. The van der Waals surface area contributed by atoms with E-state index in [1.54, 1.807) is 12.1 Å². The maximum absolute atomic E-state index is 11.5. The summed E-state index contributed by atoms with van der Waals surface area (Å²) in [5.41, 5.74) is 1.59. The van der Waals surface area contributed by atoms with E-state index in [1.165, 1.54) is 0 Å². The van der Waals surface area contributed by atoms with Crippen LogP contribution in [0.1, 0.15) is 18.4 Å². The van der Waals surface area contributed by atoms with Crippen LogP contribution in [-0.4, -0.2) is 23.0 Å². The second-order valence-corrected chi connectivity index (χ2v) is 3.95. The van der Waals surface area contributed by atoms with E-state index in [1.807, 2.05) is 19.1 Å². The largest absolute Gasteiger partial charge is 0.436 e. The summed E-state index contributed by atoms with van der Waals surface area (Å²) >= 11 is 0. The lowest BCUT2D eigenvalue weighted by Crippen LogP contribution is -2.33. The van der Waals surface area contributed by atoms with Crippen molar-refractivity contribution in [2.75, 3.05) is 5.32 Å². The summed E-state index contributed by atoms with van der Waals surface area (Å²) in [5.74, 6) is -1.00. The molecule has 2 rings (SSSR count). The van der Waals surface area contributed by atoms with Crippen molar-refractivity contribution in [1.82, 2.24) is 5.06 Å². The van der Waals surface area contributed by atoms with Crippen LogP contribution in [0.5, 0.6) is 0 Å². The lowest BCUT2D eigenvalue weighted by Gasteiger charge is -2.13. The van der Waals surface area contributed by atoms with Gasteiger partial charge in [-0.3, -0.25) is 14.9 Å². The van der Waals surface area contributed by atoms with Gasteiger partial charge in [0.25, 0.3) is 11.8 Å². The fourth-order valence-electron chi connectivity index (χ4n) is 1.52. The van der Waals surface area contributed by atoms with Gasteiger partial charge >= 0.3 is 6.09 Å². The Labute approximate surface area is 103 Å². The van der Waals surface area contributed by atoms with Crippen molar-refractivity contribution >= 4 is 23.6 Å². The lowest BCUT2D eigenvalue weighted by molar-refractivity contribution is -0.170. The molecule has 0 atom stereocenters. The van der Waals surface area contributed by atoms with Gasteiger partial charge in [0.15, 0.2) is 0 Å². The Morgan fingerprint density at radius 1 is 1.17 bits per heavy atom. The molecule has 18 heavy (non-hydrogen) atoms. The van der Waals surface area contributed by atoms with E-state index in [0.717, 1.165) is 5.56 Å². The molecule has 1 aliphatic rings. The SMILES string of the molecule is Cc1ccc(NC(=O)ON2C(=O)CCC2=O)cc1. The monoisotopic (exact) mass is 248 g/mol. The average Bonchev–Trinajstić information content (AvgIpc) is 2.64. The standard InChI is InChI=1S/C12H12N2O4/c1-8-2-4-9(5-3-8)13-12(17)18-14-10(15)6-7-11(14)16/h2-5H,6-7H2,1H3,(H,13,17). The predicted molar refractivity (Wildman–Crippen MR) is 62.4 cm³/mol. The summed E-state index contributed by atoms with van der Waals surface area (Å²) in [7, 11) is 0. The van der Waals surface area contributed by atoms with Gasteiger partial charge in [0.1, 0.15) is 0 Å². The fourth-order valence-corrected chi connectivity index (χ4v) is 1.52. The van der Waals surface area contributed by atoms with Crippen LogP contribution < -0.4 is 5.32 Å². The van der Waals surface area contributed by atoms with Crippen molar-refractivity contribution < 1.29 is 19.2 Å². The van der Waals surface area contributed by atoms with Gasteiger partial charge in [0.2, 0.25) is 0 Å². The first kappa shape index (κ1) is 12.1. The first-order valence-electron chi connectivity index (χ1n) is 5.47. The molecule has 0 spiro atoms. The van der Waals surface area contributed by atoms with Gasteiger partial charge in [0, 0.05) is 18.5 Å². The number of carbonyl (C=O) groups is 3. The molecule has 0 radical (unpaired) electrons. The molecule has 1 aliphatic heterocycles. The Morgan fingerprint density at radius 3 is 2.28 bits per heavy atom.